The Morgan fingerprint density at radius 2 is 1.91 bits per heavy atom. The van der Waals surface area contributed by atoms with Crippen LogP contribution in [0.1, 0.15) is 17.3 Å². The van der Waals surface area contributed by atoms with Crippen LogP contribution in [0.5, 0.6) is 0 Å². The molecule has 1 saturated heterocycles. The summed E-state index contributed by atoms with van der Waals surface area (Å²) < 4.78 is 1.93. The molecule has 3 rings (SSSR count). The van der Waals surface area contributed by atoms with E-state index in [1.54, 1.807) is 23.2 Å². The number of hydrogen-bond donors (Lipinski definition) is 0. The van der Waals surface area contributed by atoms with Crippen molar-refractivity contribution in [2.75, 3.05) is 33.2 Å². The zero-order chi connectivity index (χ0) is 16.6. The number of benzene rings is 1. The number of piperazine rings is 1. The number of aromatic nitrogens is 1. The summed E-state index contributed by atoms with van der Waals surface area (Å²) in [6.45, 7) is 5.62. The molecule has 2 heterocycles. The molecular weight excluding hydrogens is 314 g/mol. The molecule has 0 radical (unpaired) electrons. The van der Waals surface area contributed by atoms with Crippen LogP contribution < -0.4 is 5.43 Å². The van der Waals surface area contributed by atoms with Crippen molar-refractivity contribution in [1.82, 2.24) is 14.4 Å². The molecule has 5 nitrogen and oxygen atoms in total. The van der Waals surface area contributed by atoms with E-state index in [0.717, 1.165) is 18.6 Å². The standard InChI is InChI=1S/C17H20ClN3O2/c1-3-20-11-14(17(23)21-8-6-19(2)7-9-21)16(22)13-10-12(18)4-5-15(13)20/h4-5,10-11H,3,6-9H2,1-2H3. The molecule has 0 unspecified atom stereocenters. The maximum Gasteiger partial charge on any atom is 0.259 e. The van der Waals surface area contributed by atoms with Gasteiger partial charge in [0.15, 0.2) is 0 Å². The molecule has 23 heavy (non-hydrogen) atoms. The van der Waals surface area contributed by atoms with Gasteiger partial charge < -0.3 is 14.4 Å². The Balaban J connectivity index is 2.08. The molecule has 0 saturated carbocycles. The molecule has 6 heteroatoms. The van der Waals surface area contributed by atoms with Gasteiger partial charge in [-0.15, -0.1) is 0 Å². The fraction of sp³-hybridized carbons (Fsp3) is 0.412. The zero-order valence-corrected chi connectivity index (χ0v) is 14.1. The van der Waals surface area contributed by atoms with E-state index in [2.05, 4.69) is 4.90 Å². The smallest absolute Gasteiger partial charge is 0.259 e. The van der Waals surface area contributed by atoms with E-state index >= 15 is 0 Å². The van der Waals surface area contributed by atoms with Gasteiger partial charge in [-0.2, -0.15) is 0 Å². The molecule has 1 aliphatic rings. The Morgan fingerprint density at radius 1 is 1.22 bits per heavy atom. The summed E-state index contributed by atoms with van der Waals surface area (Å²) >= 11 is 6.03. The van der Waals surface area contributed by atoms with Gasteiger partial charge in [-0.1, -0.05) is 11.6 Å². The van der Waals surface area contributed by atoms with Crippen molar-refractivity contribution in [2.24, 2.45) is 0 Å². The zero-order valence-electron chi connectivity index (χ0n) is 13.4. The minimum Gasteiger partial charge on any atom is -0.347 e. The summed E-state index contributed by atoms with van der Waals surface area (Å²) in [7, 11) is 2.03. The first-order chi connectivity index (χ1) is 11.0. The summed E-state index contributed by atoms with van der Waals surface area (Å²) in [6.07, 6.45) is 1.68. The van der Waals surface area contributed by atoms with E-state index in [0.29, 0.717) is 30.0 Å². The van der Waals surface area contributed by atoms with Crippen molar-refractivity contribution in [1.29, 1.82) is 0 Å². The number of rotatable bonds is 2. The van der Waals surface area contributed by atoms with Gasteiger partial charge in [0.1, 0.15) is 5.56 Å². The fourth-order valence-electron chi connectivity index (χ4n) is 2.96. The Kier molecular flexibility index (Phi) is 4.41. The first-order valence-corrected chi connectivity index (χ1v) is 8.19. The van der Waals surface area contributed by atoms with Gasteiger partial charge in [-0.05, 0) is 32.2 Å². The van der Waals surface area contributed by atoms with Gasteiger partial charge >= 0.3 is 0 Å². The molecule has 122 valence electrons. The van der Waals surface area contributed by atoms with Crippen LogP contribution in [0.4, 0.5) is 0 Å². The second kappa shape index (κ2) is 6.34. The van der Waals surface area contributed by atoms with Gasteiger partial charge in [-0.3, -0.25) is 9.59 Å². The topological polar surface area (TPSA) is 45.6 Å². The average Bonchev–Trinajstić information content (AvgIpc) is 2.56. The third-order valence-corrected chi connectivity index (χ3v) is 4.64. The SMILES string of the molecule is CCn1cc(C(=O)N2CCN(C)CC2)c(=O)c2cc(Cl)ccc21. The third kappa shape index (κ3) is 2.99. The van der Waals surface area contributed by atoms with Crippen LogP contribution in [0.15, 0.2) is 29.2 Å². The second-order valence-corrected chi connectivity index (χ2v) is 6.35. The van der Waals surface area contributed by atoms with Crippen molar-refractivity contribution >= 4 is 28.4 Å². The molecule has 1 aromatic carbocycles. The summed E-state index contributed by atoms with van der Waals surface area (Å²) in [5, 5.41) is 1.00. The van der Waals surface area contributed by atoms with Crippen molar-refractivity contribution in [3.63, 3.8) is 0 Å². The van der Waals surface area contributed by atoms with Crippen LogP contribution >= 0.6 is 11.6 Å². The number of pyridine rings is 1. The summed E-state index contributed by atoms with van der Waals surface area (Å²) in [5.74, 6) is -0.188. The van der Waals surface area contributed by atoms with Gasteiger partial charge in [0, 0.05) is 49.3 Å². The van der Waals surface area contributed by atoms with Crippen LogP contribution in [0, 0.1) is 0 Å². The predicted octanol–water partition coefficient (Wildman–Crippen LogP) is 2.06. The second-order valence-electron chi connectivity index (χ2n) is 5.91. The Labute approximate surface area is 140 Å². The highest BCUT2D eigenvalue weighted by atomic mass is 35.5. The molecular formula is C17H20ClN3O2. The first-order valence-electron chi connectivity index (χ1n) is 7.81. The highest BCUT2D eigenvalue weighted by Crippen LogP contribution is 2.18. The van der Waals surface area contributed by atoms with Crippen LogP contribution in [0.25, 0.3) is 10.9 Å². The number of fused-ring (bicyclic) bond motifs is 1. The van der Waals surface area contributed by atoms with Crippen molar-refractivity contribution in [3.05, 3.63) is 45.2 Å². The van der Waals surface area contributed by atoms with E-state index < -0.39 is 0 Å². The lowest BCUT2D eigenvalue weighted by Crippen LogP contribution is -2.48. The number of carbonyl (C=O) groups excluding carboxylic acids is 1. The first kappa shape index (κ1) is 16.0. The molecule has 0 spiro atoms. The fourth-order valence-corrected chi connectivity index (χ4v) is 3.14. The maximum atomic E-state index is 12.8. The molecule has 1 fully saturated rings. The largest absolute Gasteiger partial charge is 0.347 e. The number of carbonyl (C=O) groups is 1. The highest BCUT2D eigenvalue weighted by molar-refractivity contribution is 6.31. The molecule has 0 aliphatic carbocycles. The van der Waals surface area contributed by atoms with Crippen molar-refractivity contribution in [3.8, 4) is 0 Å². The van der Waals surface area contributed by atoms with Gasteiger partial charge in [0.25, 0.3) is 5.91 Å². The normalized spacial score (nSPS) is 16.0. The summed E-state index contributed by atoms with van der Waals surface area (Å²) in [4.78, 5) is 29.5. The number of likely N-dealkylation sites (N-methyl/N-ethyl adjacent to an activating group) is 1. The monoisotopic (exact) mass is 333 g/mol. The molecule has 1 aliphatic heterocycles. The lowest BCUT2D eigenvalue weighted by molar-refractivity contribution is 0.0662. The molecule has 0 bridgehead atoms. The quantitative estimate of drug-likeness (QED) is 0.845. The maximum absolute atomic E-state index is 12.8. The molecule has 0 atom stereocenters. The third-order valence-electron chi connectivity index (χ3n) is 4.40. The van der Waals surface area contributed by atoms with E-state index in [9.17, 15) is 9.59 Å². The van der Waals surface area contributed by atoms with Crippen LogP contribution in [0.2, 0.25) is 5.02 Å². The Morgan fingerprint density at radius 3 is 2.57 bits per heavy atom. The minimum atomic E-state index is -0.240. The number of halogens is 1. The van der Waals surface area contributed by atoms with Crippen LogP contribution in [-0.4, -0.2) is 53.5 Å². The molecule has 0 N–H and O–H groups in total. The van der Waals surface area contributed by atoms with Gasteiger partial charge in [0.05, 0.1) is 5.52 Å². The molecule has 1 aromatic heterocycles. The highest BCUT2D eigenvalue weighted by Gasteiger charge is 2.23. The Bertz CT molecular complexity index is 807. The van der Waals surface area contributed by atoms with Gasteiger partial charge in [0.2, 0.25) is 5.43 Å². The average molecular weight is 334 g/mol. The number of aryl methyl sites for hydroxylation is 1. The van der Waals surface area contributed by atoms with Crippen LogP contribution in [-0.2, 0) is 6.54 Å². The van der Waals surface area contributed by atoms with E-state index in [1.807, 2.05) is 24.6 Å². The molecule has 1 amide bonds. The number of amides is 1. The van der Waals surface area contributed by atoms with Gasteiger partial charge in [-0.25, -0.2) is 0 Å². The lowest BCUT2D eigenvalue weighted by Gasteiger charge is -2.32. The number of hydrogen-bond acceptors (Lipinski definition) is 3. The molecule has 2 aromatic rings. The van der Waals surface area contributed by atoms with Crippen LogP contribution in [0.3, 0.4) is 0 Å². The van der Waals surface area contributed by atoms with Crippen molar-refractivity contribution < 1.29 is 4.79 Å². The van der Waals surface area contributed by atoms with E-state index in [4.69, 9.17) is 11.6 Å². The number of nitrogens with zero attached hydrogens (tertiary/aromatic N) is 3. The van der Waals surface area contributed by atoms with Crippen molar-refractivity contribution in [2.45, 2.75) is 13.5 Å². The summed E-state index contributed by atoms with van der Waals surface area (Å²) in [6, 6.07) is 5.23. The minimum absolute atomic E-state index is 0.188. The van der Waals surface area contributed by atoms with E-state index in [-0.39, 0.29) is 16.9 Å². The predicted molar refractivity (Wildman–Crippen MR) is 92.3 cm³/mol. The lowest BCUT2D eigenvalue weighted by atomic mass is 10.1. The Hall–Kier alpha value is -1.85. The van der Waals surface area contributed by atoms with E-state index in [1.165, 1.54) is 0 Å². The summed E-state index contributed by atoms with van der Waals surface area (Å²) in [5.41, 5.74) is 0.791.